The number of amides is 2. The summed E-state index contributed by atoms with van der Waals surface area (Å²) in [6.45, 7) is -0.253. The van der Waals surface area contributed by atoms with E-state index >= 15 is 0 Å². The molecule has 0 unspecified atom stereocenters. The van der Waals surface area contributed by atoms with Gasteiger partial charge in [-0.05, 0) is 42.0 Å². The number of carbonyl (C=O) groups is 2. The average molecular weight is 407 g/mol. The van der Waals surface area contributed by atoms with Crippen LogP contribution in [0.25, 0.3) is 0 Å². The Balaban J connectivity index is 1.69. The van der Waals surface area contributed by atoms with Crippen molar-refractivity contribution in [1.82, 2.24) is 10.6 Å². The number of hydrogen-bond donors (Lipinski definition) is 3. The Morgan fingerprint density at radius 3 is 2.11 bits per heavy atom. The summed E-state index contributed by atoms with van der Waals surface area (Å²) in [5.74, 6) is 0.341. The molecule has 0 saturated carbocycles. The van der Waals surface area contributed by atoms with Crippen LogP contribution in [-0.4, -0.2) is 40.5 Å². The van der Waals surface area contributed by atoms with Gasteiger partial charge in [-0.25, -0.2) is 13.6 Å². The highest BCUT2D eigenvalue weighted by molar-refractivity contribution is 7.89. The van der Waals surface area contributed by atoms with Crippen LogP contribution in [0.15, 0.2) is 53.4 Å². The van der Waals surface area contributed by atoms with Gasteiger partial charge in [0.1, 0.15) is 11.5 Å². The van der Waals surface area contributed by atoms with E-state index in [2.05, 4.69) is 10.6 Å². The largest absolute Gasteiger partial charge is 0.497 e. The van der Waals surface area contributed by atoms with Crippen molar-refractivity contribution >= 4 is 21.8 Å². The smallest absolute Gasteiger partial charge is 0.258 e. The van der Waals surface area contributed by atoms with E-state index < -0.39 is 21.8 Å². The second-order valence-electron chi connectivity index (χ2n) is 5.71. The molecule has 2 amide bonds. The fraction of sp³-hybridized carbons (Fsp3) is 0.222. The maximum Gasteiger partial charge on any atom is 0.258 e. The van der Waals surface area contributed by atoms with Gasteiger partial charge >= 0.3 is 0 Å². The predicted octanol–water partition coefficient (Wildman–Crippen LogP) is 0.154. The third-order valence-electron chi connectivity index (χ3n) is 3.62. The van der Waals surface area contributed by atoms with Crippen LogP contribution in [0.3, 0.4) is 0 Å². The Morgan fingerprint density at radius 1 is 0.929 bits per heavy atom. The van der Waals surface area contributed by atoms with Crippen molar-refractivity contribution in [2.24, 2.45) is 5.14 Å². The van der Waals surface area contributed by atoms with Gasteiger partial charge in [0.05, 0.1) is 18.6 Å². The van der Waals surface area contributed by atoms with Crippen molar-refractivity contribution < 1.29 is 27.5 Å². The molecule has 2 aromatic carbocycles. The van der Waals surface area contributed by atoms with E-state index in [1.54, 1.807) is 43.5 Å². The molecule has 0 fully saturated rings. The van der Waals surface area contributed by atoms with Crippen LogP contribution in [0.4, 0.5) is 0 Å². The molecule has 0 aromatic heterocycles. The Bertz CT molecular complexity index is 911. The van der Waals surface area contributed by atoms with Crippen molar-refractivity contribution in [3.05, 3.63) is 54.1 Å². The Labute approximate surface area is 162 Å². The molecule has 2 aromatic rings. The highest BCUT2D eigenvalue weighted by Crippen LogP contribution is 2.16. The zero-order valence-corrected chi connectivity index (χ0v) is 16.0. The normalized spacial score (nSPS) is 10.8. The SMILES string of the molecule is COc1ccc(OCC(=O)NCC(=O)NCc2ccc(S(N)(=O)=O)cc2)cc1. The molecule has 4 N–H and O–H groups in total. The van der Waals surface area contributed by atoms with Crippen LogP contribution in [-0.2, 0) is 26.2 Å². The first-order valence-electron chi connectivity index (χ1n) is 8.20. The molecule has 28 heavy (non-hydrogen) atoms. The van der Waals surface area contributed by atoms with E-state index in [0.717, 1.165) is 0 Å². The van der Waals surface area contributed by atoms with E-state index in [9.17, 15) is 18.0 Å². The van der Waals surface area contributed by atoms with E-state index in [-0.39, 0.29) is 24.6 Å². The van der Waals surface area contributed by atoms with Crippen LogP contribution in [0.2, 0.25) is 0 Å². The fourth-order valence-electron chi connectivity index (χ4n) is 2.11. The minimum Gasteiger partial charge on any atom is -0.497 e. The number of benzene rings is 2. The summed E-state index contributed by atoms with van der Waals surface area (Å²) in [4.78, 5) is 23.5. The van der Waals surface area contributed by atoms with Gasteiger partial charge in [0.25, 0.3) is 5.91 Å². The van der Waals surface area contributed by atoms with E-state index in [4.69, 9.17) is 14.6 Å². The molecule has 9 nitrogen and oxygen atoms in total. The molecule has 2 rings (SSSR count). The monoisotopic (exact) mass is 407 g/mol. The molecule has 0 heterocycles. The number of hydrogen-bond acceptors (Lipinski definition) is 6. The first kappa shape index (κ1) is 21.2. The second kappa shape index (κ2) is 9.72. The third-order valence-corrected chi connectivity index (χ3v) is 4.55. The van der Waals surface area contributed by atoms with Gasteiger partial charge in [-0.15, -0.1) is 0 Å². The zero-order valence-electron chi connectivity index (χ0n) is 15.2. The average Bonchev–Trinajstić information content (AvgIpc) is 2.69. The Kier molecular flexibility index (Phi) is 7.36. The predicted molar refractivity (Wildman–Crippen MR) is 101 cm³/mol. The lowest BCUT2D eigenvalue weighted by molar-refractivity contribution is -0.127. The number of carbonyl (C=O) groups excluding carboxylic acids is 2. The Hall–Kier alpha value is -3.11. The number of nitrogens with one attached hydrogen (secondary N) is 2. The lowest BCUT2D eigenvalue weighted by Crippen LogP contribution is -2.38. The minimum atomic E-state index is -3.75. The summed E-state index contributed by atoms with van der Waals surface area (Å²) in [5, 5.41) is 10.1. The quantitative estimate of drug-likeness (QED) is 0.541. The maximum atomic E-state index is 11.8. The fourth-order valence-corrected chi connectivity index (χ4v) is 2.63. The minimum absolute atomic E-state index is 0.00769. The first-order chi connectivity index (χ1) is 13.3. The van der Waals surface area contributed by atoms with Crippen LogP contribution < -0.4 is 25.2 Å². The Morgan fingerprint density at radius 2 is 1.54 bits per heavy atom. The van der Waals surface area contributed by atoms with Crippen molar-refractivity contribution in [3.63, 3.8) is 0 Å². The van der Waals surface area contributed by atoms with Crippen LogP contribution in [0, 0.1) is 0 Å². The van der Waals surface area contributed by atoms with E-state index in [1.807, 2.05) is 0 Å². The van der Waals surface area contributed by atoms with Gasteiger partial charge in [-0.2, -0.15) is 0 Å². The molecule has 0 aliphatic rings. The number of rotatable bonds is 9. The van der Waals surface area contributed by atoms with Crippen LogP contribution >= 0.6 is 0 Å². The van der Waals surface area contributed by atoms with Crippen molar-refractivity contribution in [2.45, 2.75) is 11.4 Å². The number of nitrogens with two attached hydrogens (primary N) is 1. The summed E-state index contributed by atoms with van der Waals surface area (Å²) in [6, 6.07) is 12.5. The number of sulfonamides is 1. The number of primary sulfonamides is 1. The van der Waals surface area contributed by atoms with E-state index in [0.29, 0.717) is 17.1 Å². The molecule has 150 valence electrons. The molecule has 0 saturated heterocycles. The van der Waals surface area contributed by atoms with Crippen molar-refractivity contribution in [1.29, 1.82) is 0 Å². The summed E-state index contributed by atoms with van der Waals surface area (Å²) in [5.41, 5.74) is 0.690. The molecular formula is C18H21N3O6S. The molecule has 0 bridgehead atoms. The third kappa shape index (κ3) is 6.89. The summed E-state index contributed by atoms with van der Waals surface area (Å²) < 4.78 is 32.7. The highest BCUT2D eigenvalue weighted by atomic mass is 32.2. The maximum absolute atomic E-state index is 11.8. The van der Waals surface area contributed by atoms with Gasteiger partial charge in [0.15, 0.2) is 6.61 Å². The van der Waals surface area contributed by atoms with Gasteiger partial charge in [-0.1, -0.05) is 12.1 Å². The topological polar surface area (TPSA) is 137 Å². The standard InChI is InChI=1S/C18H21N3O6S/c1-26-14-4-6-15(7-5-14)27-12-18(23)21-11-17(22)20-10-13-2-8-16(9-3-13)28(19,24)25/h2-9H,10-12H2,1H3,(H,20,22)(H,21,23)(H2,19,24,25). The first-order valence-corrected chi connectivity index (χ1v) is 9.74. The molecule has 10 heteroatoms. The lowest BCUT2D eigenvalue weighted by Gasteiger charge is -2.09. The van der Waals surface area contributed by atoms with Gasteiger partial charge in [0.2, 0.25) is 15.9 Å². The van der Waals surface area contributed by atoms with Gasteiger partial charge in [-0.3, -0.25) is 9.59 Å². The van der Waals surface area contributed by atoms with Crippen LogP contribution in [0.1, 0.15) is 5.56 Å². The van der Waals surface area contributed by atoms with Gasteiger partial charge < -0.3 is 20.1 Å². The summed E-state index contributed by atoms with van der Waals surface area (Å²) in [6.07, 6.45) is 0. The molecule has 0 radical (unpaired) electrons. The van der Waals surface area contributed by atoms with Crippen LogP contribution in [0.5, 0.6) is 11.5 Å². The van der Waals surface area contributed by atoms with Crippen molar-refractivity contribution in [2.75, 3.05) is 20.3 Å². The summed E-state index contributed by atoms with van der Waals surface area (Å²) >= 11 is 0. The molecule has 0 spiro atoms. The number of ether oxygens (including phenoxy) is 2. The molecule has 0 atom stereocenters. The molecular weight excluding hydrogens is 386 g/mol. The summed E-state index contributed by atoms with van der Waals surface area (Å²) in [7, 11) is -2.20. The van der Waals surface area contributed by atoms with Gasteiger partial charge in [0, 0.05) is 6.54 Å². The second-order valence-corrected chi connectivity index (χ2v) is 7.27. The molecule has 0 aliphatic heterocycles. The van der Waals surface area contributed by atoms with E-state index in [1.165, 1.54) is 12.1 Å². The number of methoxy groups -OCH3 is 1. The zero-order chi connectivity index (χ0) is 20.6. The highest BCUT2D eigenvalue weighted by Gasteiger charge is 2.09. The van der Waals surface area contributed by atoms with Crippen molar-refractivity contribution in [3.8, 4) is 11.5 Å². The molecule has 0 aliphatic carbocycles. The lowest BCUT2D eigenvalue weighted by atomic mass is 10.2.